The number of anilines is 1. The number of ether oxygens (including phenoxy) is 1. The lowest BCUT2D eigenvalue weighted by atomic mass is 10.0. The van der Waals surface area contributed by atoms with Crippen LogP contribution in [0.2, 0.25) is 0 Å². The third-order valence-electron chi connectivity index (χ3n) is 4.20. The number of benzene rings is 1. The molecule has 1 atom stereocenters. The number of methoxy groups -OCH3 is 1. The van der Waals surface area contributed by atoms with Crippen LogP contribution in [0.15, 0.2) is 51.2 Å². The molecule has 2 aromatic heterocycles. The van der Waals surface area contributed by atoms with Gasteiger partial charge in [-0.2, -0.15) is 5.10 Å². The van der Waals surface area contributed by atoms with Gasteiger partial charge in [0, 0.05) is 11.3 Å². The summed E-state index contributed by atoms with van der Waals surface area (Å²) in [4.78, 5) is 14.0. The van der Waals surface area contributed by atoms with Crippen LogP contribution in [0.3, 0.4) is 0 Å². The number of nitrogens with zero attached hydrogens (tertiary/aromatic N) is 4. The second-order valence-corrected chi connectivity index (χ2v) is 9.15. The summed E-state index contributed by atoms with van der Waals surface area (Å²) < 4.78 is 5.90. The van der Waals surface area contributed by atoms with E-state index in [2.05, 4.69) is 15.3 Å². The first-order chi connectivity index (χ1) is 13.6. The highest BCUT2D eigenvalue weighted by atomic mass is 32.2. The van der Waals surface area contributed by atoms with Gasteiger partial charge in [-0.25, -0.2) is 5.01 Å². The van der Waals surface area contributed by atoms with E-state index in [9.17, 15) is 4.79 Å². The number of nitrogen functional groups attached to an aromatic ring is 1. The zero-order chi connectivity index (χ0) is 19.5. The van der Waals surface area contributed by atoms with Crippen molar-refractivity contribution in [3.8, 4) is 5.75 Å². The molecule has 0 saturated heterocycles. The highest BCUT2D eigenvalue weighted by Gasteiger charge is 2.33. The molecule has 2 N–H and O–H groups in total. The molecule has 1 aliphatic rings. The predicted molar refractivity (Wildman–Crippen MR) is 113 cm³/mol. The fourth-order valence-electron chi connectivity index (χ4n) is 2.87. The van der Waals surface area contributed by atoms with Gasteiger partial charge in [-0.1, -0.05) is 29.2 Å². The first-order valence-corrected chi connectivity index (χ1v) is 11.1. The lowest BCUT2D eigenvalue weighted by Gasteiger charge is -2.20. The van der Waals surface area contributed by atoms with Gasteiger partial charge in [0.05, 0.1) is 24.6 Å². The molecular formula is C18H17N5O2S3. The highest BCUT2D eigenvalue weighted by molar-refractivity contribution is 8.01. The van der Waals surface area contributed by atoms with Crippen molar-refractivity contribution in [3.05, 3.63) is 52.2 Å². The Labute approximate surface area is 174 Å². The lowest BCUT2D eigenvalue weighted by molar-refractivity contribution is -0.130. The molecule has 1 unspecified atom stereocenters. The Morgan fingerprint density at radius 2 is 2.14 bits per heavy atom. The summed E-state index contributed by atoms with van der Waals surface area (Å²) in [5.74, 6) is 0.953. The van der Waals surface area contributed by atoms with Crippen LogP contribution >= 0.6 is 34.4 Å². The van der Waals surface area contributed by atoms with Crippen molar-refractivity contribution in [1.29, 1.82) is 0 Å². The number of hydrogen-bond acceptors (Lipinski definition) is 9. The minimum Gasteiger partial charge on any atom is -0.497 e. The molecule has 0 fully saturated rings. The Bertz CT molecular complexity index is 985. The lowest BCUT2D eigenvalue weighted by Crippen LogP contribution is -2.28. The standard InChI is InChI=1S/C18H17N5O2S3/c1-25-12-6-4-11(5-7-12)13-9-14(15-3-2-8-26-15)23(22-13)16(24)10-27-18-21-20-17(19)28-18/h2-8,14H,9-10H2,1H3,(H2,19,20). The molecule has 28 heavy (non-hydrogen) atoms. The quantitative estimate of drug-likeness (QED) is 0.599. The van der Waals surface area contributed by atoms with Crippen LogP contribution in [0.1, 0.15) is 22.9 Å². The fourth-order valence-corrected chi connectivity index (χ4v) is 5.17. The van der Waals surface area contributed by atoms with Crippen LogP contribution in [-0.4, -0.2) is 39.7 Å². The fraction of sp³-hybridized carbons (Fsp3) is 0.222. The van der Waals surface area contributed by atoms with Gasteiger partial charge in [0.15, 0.2) is 4.34 Å². The molecule has 1 aliphatic heterocycles. The summed E-state index contributed by atoms with van der Waals surface area (Å²) in [5.41, 5.74) is 7.48. The molecule has 0 aliphatic carbocycles. The number of hydrogen-bond donors (Lipinski definition) is 1. The van der Waals surface area contributed by atoms with Gasteiger partial charge in [0.1, 0.15) is 5.75 Å². The molecule has 3 heterocycles. The minimum atomic E-state index is -0.0929. The van der Waals surface area contributed by atoms with E-state index in [1.54, 1.807) is 23.5 Å². The van der Waals surface area contributed by atoms with Gasteiger partial charge in [0.2, 0.25) is 5.13 Å². The summed E-state index contributed by atoms with van der Waals surface area (Å²) in [5, 5.41) is 16.4. The molecule has 0 bridgehead atoms. The van der Waals surface area contributed by atoms with Crippen molar-refractivity contribution in [2.24, 2.45) is 5.10 Å². The molecule has 1 aromatic carbocycles. The number of rotatable bonds is 6. The van der Waals surface area contributed by atoms with Gasteiger partial charge in [-0.3, -0.25) is 4.79 Å². The number of carbonyl (C=O) groups excluding carboxylic acids is 1. The van der Waals surface area contributed by atoms with E-state index in [-0.39, 0.29) is 17.7 Å². The second-order valence-electron chi connectivity index (χ2n) is 5.94. The summed E-state index contributed by atoms with van der Waals surface area (Å²) in [6.45, 7) is 0. The number of thioether (sulfide) groups is 1. The van der Waals surface area contributed by atoms with Crippen LogP contribution in [0.25, 0.3) is 0 Å². The van der Waals surface area contributed by atoms with Gasteiger partial charge in [-0.05, 0) is 41.3 Å². The maximum absolute atomic E-state index is 12.9. The Kier molecular flexibility index (Phi) is 5.60. The Balaban J connectivity index is 1.55. The maximum atomic E-state index is 12.9. The van der Waals surface area contributed by atoms with E-state index in [1.807, 2.05) is 41.8 Å². The zero-order valence-electron chi connectivity index (χ0n) is 14.9. The van der Waals surface area contributed by atoms with Crippen molar-refractivity contribution in [2.45, 2.75) is 16.8 Å². The monoisotopic (exact) mass is 431 g/mol. The van der Waals surface area contributed by atoms with Crippen LogP contribution in [-0.2, 0) is 4.79 Å². The number of aromatic nitrogens is 2. The third kappa shape index (κ3) is 4.03. The molecular weight excluding hydrogens is 414 g/mol. The van der Waals surface area contributed by atoms with Crippen molar-refractivity contribution >= 4 is 51.2 Å². The van der Waals surface area contributed by atoms with E-state index in [0.717, 1.165) is 21.9 Å². The van der Waals surface area contributed by atoms with Crippen LogP contribution in [0.5, 0.6) is 5.75 Å². The summed E-state index contributed by atoms with van der Waals surface area (Å²) in [6.07, 6.45) is 0.676. The normalized spacial score (nSPS) is 16.2. The number of carbonyl (C=O) groups is 1. The summed E-state index contributed by atoms with van der Waals surface area (Å²) >= 11 is 4.23. The Hall–Kier alpha value is -2.43. The van der Waals surface area contributed by atoms with Crippen molar-refractivity contribution in [2.75, 3.05) is 18.6 Å². The predicted octanol–water partition coefficient (Wildman–Crippen LogP) is 3.66. The average Bonchev–Trinajstić information content (AvgIpc) is 3.46. The molecule has 10 heteroatoms. The van der Waals surface area contributed by atoms with Crippen molar-refractivity contribution < 1.29 is 9.53 Å². The molecule has 4 rings (SSSR count). The number of nitrogens with two attached hydrogens (primary N) is 1. The largest absolute Gasteiger partial charge is 0.497 e. The Morgan fingerprint density at radius 3 is 2.79 bits per heavy atom. The van der Waals surface area contributed by atoms with Crippen LogP contribution < -0.4 is 10.5 Å². The second kappa shape index (κ2) is 8.29. The van der Waals surface area contributed by atoms with E-state index in [1.165, 1.54) is 23.1 Å². The van der Waals surface area contributed by atoms with Gasteiger partial charge in [0.25, 0.3) is 5.91 Å². The molecule has 0 saturated carbocycles. The number of amides is 1. The van der Waals surface area contributed by atoms with E-state index in [4.69, 9.17) is 10.5 Å². The van der Waals surface area contributed by atoms with Crippen molar-refractivity contribution in [3.63, 3.8) is 0 Å². The third-order valence-corrected chi connectivity index (χ3v) is 7.05. The molecule has 0 radical (unpaired) electrons. The maximum Gasteiger partial charge on any atom is 0.253 e. The van der Waals surface area contributed by atoms with Crippen molar-refractivity contribution in [1.82, 2.24) is 15.2 Å². The van der Waals surface area contributed by atoms with Gasteiger partial charge in [-0.15, -0.1) is 21.5 Å². The summed E-state index contributed by atoms with van der Waals surface area (Å²) in [7, 11) is 1.64. The molecule has 1 amide bonds. The van der Waals surface area contributed by atoms with Gasteiger partial charge < -0.3 is 10.5 Å². The first kappa shape index (κ1) is 18.9. The average molecular weight is 432 g/mol. The first-order valence-electron chi connectivity index (χ1n) is 8.43. The van der Waals surface area contributed by atoms with E-state index in [0.29, 0.717) is 15.9 Å². The van der Waals surface area contributed by atoms with E-state index < -0.39 is 0 Å². The zero-order valence-corrected chi connectivity index (χ0v) is 17.4. The van der Waals surface area contributed by atoms with Crippen LogP contribution in [0, 0.1) is 0 Å². The minimum absolute atomic E-state index is 0.0688. The smallest absolute Gasteiger partial charge is 0.253 e. The van der Waals surface area contributed by atoms with Gasteiger partial charge >= 0.3 is 0 Å². The summed E-state index contributed by atoms with van der Waals surface area (Å²) in [6, 6.07) is 11.7. The molecule has 144 valence electrons. The number of hydrazone groups is 1. The SMILES string of the molecule is COc1ccc(C2=NN(C(=O)CSc3nnc(N)s3)C(c3cccs3)C2)cc1. The highest BCUT2D eigenvalue weighted by Crippen LogP contribution is 2.36. The molecule has 0 spiro atoms. The topological polar surface area (TPSA) is 93.7 Å². The van der Waals surface area contributed by atoms with E-state index >= 15 is 0 Å². The van der Waals surface area contributed by atoms with Crippen LogP contribution in [0.4, 0.5) is 5.13 Å². The Morgan fingerprint density at radius 1 is 1.32 bits per heavy atom. The number of thiophene rings is 1. The molecule has 3 aromatic rings. The molecule has 7 nitrogen and oxygen atoms in total.